The fourth-order valence-corrected chi connectivity index (χ4v) is 4.91. The third kappa shape index (κ3) is 3.98. The SMILES string of the molecule is CC1CCC(NC(=O)[C@]2(C)Cc3ccccc3C(=O)N2Cc2ccccc2Cl)CC1. The van der Waals surface area contributed by atoms with Crippen molar-refractivity contribution in [1.29, 1.82) is 0 Å². The van der Waals surface area contributed by atoms with Crippen molar-refractivity contribution in [3.63, 3.8) is 0 Å². The minimum Gasteiger partial charge on any atom is -0.351 e. The molecule has 1 atom stereocenters. The van der Waals surface area contributed by atoms with E-state index < -0.39 is 5.54 Å². The quantitative estimate of drug-likeness (QED) is 0.751. The van der Waals surface area contributed by atoms with E-state index in [0.717, 1.165) is 36.8 Å². The van der Waals surface area contributed by atoms with Gasteiger partial charge in [0.25, 0.3) is 5.91 Å². The molecule has 158 valence electrons. The van der Waals surface area contributed by atoms with Crippen molar-refractivity contribution in [2.45, 2.75) is 64.1 Å². The van der Waals surface area contributed by atoms with Crippen LogP contribution in [-0.4, -0.2) is 28.3 Å². The zero-order chi connectivity index (χ0) is 21.3. The van der Waals surface area contributed by atoms with Gasteiger partial charge in [0, 0.05) is 29.6 Å². The first kappa shape index (κ1) is 20.9. The molecule has 1 N–H and O–H groups in total. The number of nitrogens with zero attached hydrogens (tertiary/aromatic N) is 1. The number of nitrogens with one attached hydrogen (secondary N) is 1. The summed E-state index contributed by atoms with van der Waals surface area (Å²) < 4.78 is 0. The summed E-state index contributed by atoms with van der Waals surface area (Å²) >= 11 is 6.39. The van der Waals surface area contributed by atoms with Gasteiger partial charge in [-0.2, -0.15) is 0 Å². The average Bonchev–Trinajstić information content (AvgIpc) is 2.74. The molecular formula is C25H29ClN2O2. The third-order valence-corrected chi connectivity index (χ3v) is 7.12. The minimum absolute atomic E-state index is 0.0723. The van der Waals surface area contributed by atoms with Crippen molar-refractivity contribution < 1.29 is 9.59 Å². The normalized spacial score (nSPS) is 26.2. The molecule has 2 aromatic rings. The maximum atomic E-state index is 13.6. The average molecular weight is 425 g/mol. The third-order valence-electron chi connectivity index (χ3n) is 6.75. The Labute approximate surface area is 183 Å². The van der Waals surface area contributed by atoms with Crippen LogP contribution in [0.4, 0.5) is 0 Å². The first-order valence-electron chi connectivity index (χ1n) is 10.8. The standard InChI is InChI=1S/C25H29ClN2O2/c1-17-11-13-20(14-12-17)27-24(30)25(2)15-18-7-3-5-9-21(18)23(29)28(25)16-19-8-4-6-10-22(19)26/h3-10,17,20H,11-16H2,1-2H3,(H,27,30)/t17?,20?,25-/m0/s1. The fraction of sp³-hybridized carbons (Fsp3) is 0.440. The van der Waals surface area contributed by atoms with E-state index in [1.165, 1.54) is 0 Å². The molecule has 2 amide bonds. The van der Waals surface area contributed by atoms with Crippen LogP contribution in [0.3, 0.4) is 0 Å². The molecule has 1 heterocycles. The lowest BCUT2D eigenvalue weighted by molar-refractivity contribution is -0.133. The van der Waals surface area contributed by atoms with Crippen molar-refractivity contribution in [3.05, 3.63) is 70.2 Å². The predicted molar refractivity (Wildman–Crippen MR) is 119 cm³/mol. The molecule has 5 heteroatoms. The lowest BCUT2D eigenvalue weighted by atomic mass is 9.81. The van der Waals surface area contributed by atoms with Crippen LogP contribution in [0.25, 0.3) is 0 Å². The molecule has 2 aliphatic rings. The molecule has 1 saturated carbocycles. The molecule has 0 spiro atoms. The molecule has 1 aliphatic carbocycles. The summed E-state index contributed by atoms with van der Waals surface area (Å²) in [5, 5.41) is 3.87. The van der Waals surface area contributed by atoms with Gasteiger partial charge in [0.1, 0.15) is 5.54 Å². The molecule has 0 radical (unpaired) electrons. The molecule has 2 aromatic carbocycles. The van der Waals surface area contributed by atoms with Crippen LogP contribution in [0.15, 0.2) is 48.5 Å². The van der Waals surface area contributed by atoms with E-state index in [1.54, 1.807) is 4.90 Å². The Kier molecular flexibility index (Phi) is 5.88. The molecule has 30 heavy (non-hydrogen) atoms. The summed E-state index contributed by atoms with van der Waals surface area (Å²) in [5.41, 5.74) is 1.47. The topological polar surface area (TPSA) is 49.4 Å². The highest BCUT2D eigenvalue weighted by molar-refractivity contribution is 6.31. The summed E-state index contributed by atoms with van der Waals surface area (Å²) in [6.07, 6.45) is 4.75. The maximum absolute atomic E-state index is 13.6. The van der Waals surface area contributed by atoms with Crippen molar-refractivity contribution in [3.8, 4) is 0 Å². The molecule has 1 aliphatic heterocycles. The first-order valence-corrected chi connectivity index (χ1v) is 11.2. The zero-order valence-corrected chi connectivity index (χ0v) is 18.4. The number of amides is 2. The van der Waals surface area contributed by atoms with Gasteiger partial charge < -0.3 is 10.2 Å². The van der Waals surface area contributed by atoms with Crippen LogP contribution in [0.2, 0.25) is 5.02 Å². The highest BCUT2D eigenvalue weighted by Crippen LogP contribution is 2.34. The van der Waals surface area contributed by atoms with Crippen LogP contribution < -0.4 is 5.32 Å². The Bertz CT molecular complexity index is 952. The highest BCUT2D eigenvalue weighted by Gasteiger charge is 2.47. The molecular weight excluding hydrogens is 396 g/mol. The van der Waals surface area contributed by atoms with E-state index in [-0.39, 0.29) is 17.9 Å². The Morgan fingerprint density at radius 1 is 1.10 bits per heavy atom. The number of fused-ring (bicyclic) bond motifs is 1. The van der Waals surface area contributed by atoms with Gasteiger partial charge in [-0.05, 0) is 61.8 Å². The van der Waals surface area contributed by atoms with E-state index in [4.69, 9.17) is 11.6 Å². The second-order valence-corrected chi connectivity index (χ2v) is 9.43. The maximum Gasteiger partial charge on any atom is 0.255 e. The molecule has 4 rings (SSSR count). The van der Waals surface area contributed by atoms with Gasteiger partial charge >= 0.3 is 0 Å². The van der Waals surface area contributed by atoms with Gasteiger partial charge in [-0.3, -0.25) is 9.59 Å². The number of carbonyl (C=O) groups is 2. The van der Waals surface area contributed by atoms with Gasteiger partial charge in [0.05, 0.1) is 0 Å². The Morgan fingerprint density at radius 2 is 1.77 bits per heavy atom. The predicted octanol–water partition coefficient (Wildman–Crippen LogP) is 4.99. The molecule has 1 fully saturated rings. The van der Waals surface area contributed by atoms with Gasteiger partial charge in [-0.25, -0.2) is 0 Å². The molecule has 0 aromatic heterocycles. The number of hydrogen-bond donors (Lipinski definition) is 1. The fourth-order valence-electron chi connectivity index (χ4n) is 4.71. The number of benzene rings is 2. The van der Waals surface area contributed by atoms with Crippen molar-refractivity contribution >= 4 is 23.4 Å². The van der Waals surface area contributed by atoms with Crippen LogP contribution in [0, 0.1) is 5.92 Å². The summed E-state index contributed by atoms with van der Waals surface area (Å²) in [7, 11) is 0. The van der Waals surface area contributed by atoms with Crippen LogP contribution in [0.1, 0.15) is 61.0 Å². The zero-order valence-electron chi connectivity index (χ0n) is 17.7. The summed E-state index contributed by atoms with van der Waals surface area (Å²) in [6, 6.07) is 15.3. The van der Waals surface area contributed by atoms with Crippen LogP contribution in [-0.2, 0) is 17.8 Å². The number of carbonyl (C=O) groups excluding carboxylic acids is 2. The summed E-state index contributed by atoms with van der Waals surface area (Å²) in [5.74, 6) is 0.525. The summed E-state index contributed by atoms with van der Waals surface area (Å²) in [6.45, 7) is 4.46. The summed E-state index contributed by atoms with van der Waals surface area (Å²) in [4.78, 5) is 28.8. The van der Waals surface area contributed by atoms with Gasteiger partial charge in [0.15, 0.2) is 0 Å². The van der Waals surface area contributed by atoms with Gasteiger partial charge in [-0.15, -0.1) is 0 Å². The van der Waals surface area contributed by atoms with E-state index >= 15 is 0 Å². The van der Waals surface area contributed by atoms with Crippen LogP contribution >= 0.6 is 11.6 Å². The largest absolute Gasteiger partial charge is 0.351 e. The van der Waals surface area contributed by atoms with Crippen molar-refractivity contribution in [2.24, 2.45) is 5.92 Å². The van der Waals surface area contributed by atoms with Crippen molar-refractivity contribution in [2.75, 3.05) is 0 Å². The molecule has 4 nitrogen and oxygen atoms in total. The highest BCUT2D eigenvalue weighted by atomic mass is 35.5. The number of hydrogen-bond acceptors (Lipinski definition) is 2. The second kappa shape index (κ2) is 8.43. The van der Waals surface area contributed by atoms with E-state index in [2.05, 4.69) is 12.2 Å². The lowest BCUT2D eigenvalue weighted by Gasteiger charge is -2.45. The number of rotatable bonds is 4. The second-order valence-electron chi connectivity index (χ2n) is 9.02. The lowest BCUT2D eigenvalue weighted by Crippen LogP contribution is -2.63. The smallest absolute Gasteiger partial charge is 0.255 e. The van der Waals surface area contributed by atoms with Crippen LogP contribution in [0.5, 0.6) is 0 Å². The first-order chi connectivity index (χ1) is 14.4. The van der Waals surface area contributed by atoms with Gasteiger partial charge in [-0.1, -0.05) is 54.9 Å². The molecule has 0 unspecified atom stereocenters. The van der Waals surface area contributed by atoms with Gasteiger partial charge in [0.2, 0.25) is 5.91 Å². The van der Waals surface area contributed by atoms with E-state index in [1.807, 2.05) is 55.5 Å². The Hall–Kier alpha value is -2.33. The molecule has 0 bridgehead atoms. The van der Waals surface area contributed by atoms with E-state index in [0.29, 0.717) is 29.5 Å². The minimum atomic E-state index is -0.965. The number of halogens is 1. The Morgan fingerprint density at radius 3 is 2.50 bits per heavy atom. The van der Waals surface area contributed by atoms with Crippen molar-refractivity contribution in [1.82, 2.24) is 10.2 Å². The van der Waals surface area contributed by atoms with E-state index in [9.17, 15) is 9.59 Å². The Balaban J connectivity index is 1.65. The molecule has 0 saturated heterocycles. The monoisotopic (exact) mass is 424 g/mol.